The van der Waals surface area contributed by atoms with Crippen molar-refractivity contribution in [3.05, 3.63) is 0 Å². The van der Waals surface area contributed by atoms with Gasteiger partial charge in [-0.3, -0.25) is 0 Å². The van der Waals surface area contributed by atoms with Gasteiger partial charge in [0, 0.05) is 10.00 Å². The van der Waals surface area contributed by atoms with Crippen LogP contribution in [0.3, 0.4) is 0 Å². The summed E-state index contributed by atoms with van der Waals surface area (Å²) < 4.78 is 0.442. The fourth-order valence-corrected chi connectivity index (χ4v) is 4.26. The second-order valence-electron chi connectivity index (χ2n) is 7.05. The van der Waals surface area contributed by atoms with Gasteiger partial charge in [-0.15, -0.1) is 0 Å². The largest absolute Gasteiger partial charge is 0.153 e. The van der Waals surface area contributed by atoms with Crippen LogP contribution in [0.2, 0.25) is 0 Å². The molecule has 0 nitrogen and oxygen atoms in total. The molecule has 96 valence electrons. The summed E-state index contributed by atoms with van der Waals surface area (Å²) in [5.74, 6) is 0.967. The molecule has 0 aromatic rings. The Labute approximate surface area is 107 Å². The van der Waals surface area contributed by atoms with Gasteiger partial charge in [-0.1, -0.05) is 48.0 Å². The monoisotopic (exact) mass is 242 g/mol. The Morgan fingerprint density at radius 2 is 1.44 bits per heavy atom. The van der Waals surface area contributed by atoms with Gasteiger partial charge in [-0.25, -0.2) is 0 Å². The molecule has 0 aromatic carbocycles. The maximum Gasteiger partial charge on any atom is 0.00778 e. The fourth-order valence-electron chi connectivity index (χ4n) is 2.75. The molecule has 16 heavy (non-hydrogen) atoms. The highest BCUT2D eigenvalue weighted by molar-refractivity contribution is 8.01. The number of hydrogen-bond donors (Lipinski definition) is 0. The van der Waals surface area contributed by atoms with Crippen molar-refractivity contribution >= 4 is 11.8 Å². The Morgan fingerprint density at radius 3 is 1.81 bits per heavy atom. The summed E-state index contributed by atoms with van der Waals surface area (Å²) in [4.78, 5) is 0. The van der Waals surface area contributed by atoms with E-state index in [0.29, 0.717) is 10.2 Å². The molecule has 0 unspecified atom stereocenters. The zero-order chi connectivity index (χ0) is 12.4. The van der Waals surface area contributed by atoms with Crippen molar-refractivity contribution in [3.8, 4) is 0 Å². The van der Waals surface area contributed by atoms with Gasteiger partial charge in [0.15, 0.2) is 0 Å². The summed E-state index contributed by atoms with van der Waals surface area (Å²) >= 11 is 2.20. The molecule has 1 aliphatic carbocycles. The Bertz CT molecular complexity index is 204. The van der Waals surface area contributed by atoms with E-state index >= 15 is 0 Å². The second-order valence-corrected chi connectivity index (χ2v) is 9.17. The van der Waals surface area contributed by atoms with E-state index in [2.05, 4.69) is 53.3 Å². The first-order chi connectivity index (χ1) is 7.24. The van der Waals surface area contributed by atoms with Crippen molar-refractivity contribution in [2.75, 3.05) is 0 Å². The van der Waals surface area contributed by atoms with Crippen LogP contribution in [0, 0.1) is 11.3 Å². The van der Waals surface area contributed by atoms with Crippen molar-refractivity contribution in [2.24, 2.45) is 11.3 Å². The van der Waals surface area contributed by atoms with Crippen LogP contribution in [-0.2, 0) is 0 Å². The smallest absolute Gasteiger partial charge is 0.00778 e. The van der Waals surface area contributed by atoms with Gasteiger partial charge in [0.25, 0.3) is 0 Å². The van der Waals surface area contributed by atoms with Crippen LogP contribution in [0.25, 0.3) is 0 Å². The maximum absolute atomic E-state index is 2.45. The molecule has 0 bridgehead atoms. The molecule has 0 aromatic heterocycles. The third-order valence-corrected chi connectivity index (χ3v) is 5.72. The van der Waals surface area contributed by atoms with Gasteiger partial charge in [0.2, 0.25) is 0 Å². The van der Waals surface area contributed by atoms with E-state index in [-0.39, 0.29) is 0 Å². The SMILES string of the molecule is CCC(C)(C)C1CCC(SC(C)(C)C)CC1. The topological polar surface area (TPSA) is 0 Å². The average molecular weight is 242 g/mol. The van der Waals surface area contributed by atoms with Crippen LogP contribution >= 0.6 is 11.8 Å². The van der Waals surface area contributed by atoms with E-state index in [1.807, 2.05) is 0 Å². The third-order valence-electron chi connectivity index (χ3n) is 4.21. The van der Waals surface area contributed by atoms with Gasteiger partial charge in [-0.05, 0) is 37.0 Å². The lowest BCUT2D eigenvalue weighted by atomic mass is 9.70. The van der Waals surface area contributed by atoms with Gasteiger partial charge < -0.3 is 0 Å². The molecule has 0 atom stereocenters. The molecule has 0 N–H and O–H groups in total. The second kappa shape index (κ2) is 5.33. The minimum absolute atomic E-state index is 0.442. The number of hydrogen-bond acceptors (Lipinski definition) is 1. The number of thioether (sulfide) groups is 1. The van der Waals surface area contributed by atoms with Crippen molar-refractivity contribution in [1.29, 1.82) is 0 Å². The Hall–Kier alpha value is 0.350. The fraction of sp³-hybridized carbons (Fsp3) is 1.00. The quantitative estimate of drug-likeness (QED) is 0.628. The van der Waals surface area contributed by atoms with Crippen LogP contribution < -0.4 is 0 Å². The molecular formula is C15H30S. The van der Waals surface area contributed by atoms with E-state index in [1.54, 1.807) is 0 Å². The molecule has 0 spiro atoms. The van der Waals surface area contributed by atoms with Gasteiger partial charge in [0.1, 0.15) is 0 Å². The normalized spacial score (nSPS) is 28.1. The molecule has 1 fully saturated rings. The van der Waals surface area contributed by atoms with Crippen LogP contribution in [-0.4, -0.2) is 10.00 Å². The summed E-state index contributed by atoms with van der Waals surface area (Å²) in [6.45, 7) is 14.3. The van der Waals surface area contributed by atoms with Crippen molar-refractivity contribution in [2.45, 2.75) is 83.6 Å². The van der Waals surface area contributed by atoms with Crippen molar-refractivity contribution < 1.29 is 0 Å². The molecule has 0 saturated heterocycles. The Morgan fingerprint density at radius 1 is 0.938 bits per heavy atom. The van der Waals surface area contributed by atoms with Gasteiger partial charge in [0.05, 0.1) is 0 Å². The lowest BCUT2D eigenvalue weighted by molar-refractivity contribution is 0.154. The zero-order valence-electron chi connectivity index (χ0n) is 12.1. The molecule has 0 radical (unpaired) electrons. The lowest BCUT2D eigenvalue weighted by Crippen LogP contribution is -2.30. The van der Waals surface area contributed by atoms with Gasteiger partial charge >= 0.3 is 0 Å². The summed E-state index contributed by atoms with van der Waals surface area (Å²) in [6.07, 6.45) is 7.12. The first-order valence-corrected chi connectivity index (χ1v) is 7.80. The van der Waals surface area contributed by atoms with E-state index in [4.69, 9.17) is 0 Å². The Kier molecular flexibility index (Phi) is 4.80. The first-order valence-electron chi connectivity index (χ1n) is 6.92. The van der Waals surface area contributed by atoms with Crippen LogP contribution in [0.5, 0.6) is 0 Å². The minimum Gasteiger partial charge on any atom is -0.153 e. The Balaban J connectivity index is 2.40. The standard InChI is InChI=1S/C15H30S/c1-7-15(5,6)12-8-10-13(11-9-12)16-14(2,3)4/h12-13H,7-11H2,1-6H3. The van der Waals surface area contributed by atoms with Crippen molar-refractivity contribution in [1.82, 2.24) is 0 Å². The summed E-state index contributed by atoms with van der Waals surface area (Å²) in [5.41, 5.74) is 0.567. The van der Waals surface area contributed by atoms with E-state index in [1.165, 1.54) is 32.1 Å². The third kappa shape index (κ3) is 4.31. The van der Waals surface area contributed by atoms with Crippen LogP contribution in [0.1, 0.15) is 73.6 Å². The van der Waals surface area contributed by atoms with Crippen LogP contribution in [0.4, 0.5) is 0 Å². The van der Waals surface area contributed by atoms with E-state index < -0.39 is 0 Å². The summed E-state index contributed by atoms with van der Waals surface area (Å²) in [6, 6.07) is 0. The van der Waals surface area contributed by atoms with Crippen molar-refractivity contribution in [3.63, 3.8) is 0 Å². The molecule has 0 heterocycles. The lowest BCUT2D eigenvalue weighted by Gasteiger charge is -2.40. The molecular weight excluding hydrogens is 212 g/mol. The van der Waals surface area contributed by atoms with E-state index in [9.17, 15) is 0 Å². The van der Waals surface area contributed by atoms with Gasteiger partial charge in [-0.2, -0.15) is 11.8 Å². The molecule has 1 rings (SSSR count). The predicted molar refractivity (Wildman–Crippen MR) is 77.2 cm³/mol. The maximum atomic E-state index is 2.45. The summed E-state index contributed by atoms with van der Waals surface area (Å²) in [5, 5.41) is 0.920. The first kappa shape index (κ1) is 14.4. The minimum atomic E-state index is 0.442. The number of rotatable bonds is 3. The molecule has 1 heteroatoms. The molecule has 1 aliphatic rings. The summed E-state index contributed by atoms with van der Waals surface area (Å²) in [7, 11) is 0. The highest BCUT2D eigenvalue weighted by atomic mass is 32.2. The van der Waals surface area contributed by atoms with Crippen LogP contribution in [0.15, 0.2) is 0 Å². The molecule has 0 amide bonds. The predicted octanol–water partition coefficient (Wildman–Crippen LogP) is 5.51. The highest BCUT2D eigenvalue weighted by Crippen LogP contribution is 2.44. The average Bonchev–Trinajstić information content (AvgIpc) is 2.16. The zero-order valence-corrected chi connectivity index (χ0v) is 12.9. The highest BCUT2D eigenvalue weighted by Gasteiger charge is 2.33. The van der Waals surface area contributed by atoms with E-state index in [0.717, 1.165) is 11.2 Å². The molecule has 0 aliphatic heterocycles. The molecule has 1 saturated carbocycles.